The zero-order valence-corrected chi connectivity index (χ0v) is 20.1. The number of hydrogen-bond donors (Lipinski definition) is 1. The van der Waals surface area contributed by atoms with Crippen LogP contribution in [0.15, 0.2) is 72.8 Å². The Kier molecular flexibility index (Phi) is 5.75. The van der Waals surface area contributed by atoms with Crippen molar-refractivity contribution in [2.24, 2.45) is 5.73 Å². The first kappa shape index (κ1) is 22.1. The van der Waals surface area contributed by atoms with Crippen molar-refractivity contribution in [3.05, 3.63) is 104 Å². The molecule has 0 aliphatic heterocycles. The van der Waals surface area contributed by atoms with Crippen LogP contribution in [0.2, 0.25) is 20.1 Å². The van der Waals surface area contributed by atoms with Crippen molar-refractivity contribution in [2.75, 3.05) is 0 Å². The van der Waals surface area contributed by atoms with E-state index in [9.17, 15) is 4.79 Å². The average Bonchev–Trinajstić information content (AvgIpc) is 3.09. The highest BCUT2D eigenvalue weighted by atomic mass is 35.5. The van der Waals surface area contributed by atoms with E-state index in [1.165, 1.54) is 0 Å². The van der Waals surface area contributed by atoms with E-state index in [0.29, 0.717) is 32.2 Å². The van der Waals surface area contributed by atoms with E-state index in [1.54, 1.807) is 30.3 Å². The summed E-state index contributed by atoms with van der Waals surface area (Å²) in [7, 11) is 0. The van der Waals surface area contributed by atoms with E-state index in [0.717, 1.165) is 38.5 Å². The molecule has 7 heteroatoms. The number of halogens is 4. The van der Waals surface area contributed by atoms with Crippen molar-refractivity contribution in [3.8, 4) is 11.1 Å². The lowest BCUT2D eigenvalue weighted by molar-refractivity contribution is 0.100. The summed E-state index contributed by atoms with van der Waals surface area (Å²) in [5.74, 6) is -0.492. The molecule has 164 valence electrons. The SMILES string of the molecule is NC(=O)c1cccc2c1c1ccc(-c3c(Cl)cccc3Cl)cc1n2Cc1c(Cl)cccc1Cl. The molecule has 1 aromatic heterocycles. The minimum absolute atomic E-state index is 0.403. The summed E-state index contributed by atoms with van der Waals surface area (Å²) in [6, 6.07) is 22.3. The van der Waals surface area contributed by atoms with Gasteiger partial charge in [-0.3, -0.25) is 4.79 Å². The number of rotatable bonds is 4. The number of hydrogen-bond acceptors (Lipinski definition) is 1. The van der Waals surface area contributed by atoms with E-state index < -0.39 is 5.91 Å². The Balaban J connectivity index is 1.86. The van der Waals surface area contributed by atoms with E-state index in [-0.39, 0.29) is 0 Å². The predicted octanol–water partition coefficient (Wildman–Crippen LogP) is 8.22. The summed E-state index contributed by atoms with van der Waals surface area (Å²) < 4.78 is 2.08. The van der Waals surface area contributed by atoms with Gasteiger partial charge in [0.25, 0.3) is 0 Å². The molecule has 33 heavy (non-hydrogen) atoms. The van der Waals surface area contributed by atoms with Crippen LogP contribution in [0.1, 0.15) is 15.9 Å². The number of amides is 1. The van der Waals surface area contributed by atoms with Gasteiger partial charge in [0.2, 0.25) is 5.91 Å². The lowest BCUT2D eigenvalue weighted by atomic mass is 10.0. The summed E-state index contributed by atoms with van der Waals surface area (Å²) in [6.45, 7) is 0.403. The zero-order chi connectivity index (χ0) is 23.3. The molecular formula is C26H16Cl4N2O. The third-order valence-electron chi connectivity index (χ3n) is 5.79. The van der Waals surface area contributed by atoms with E-state index in [4.69, 9.17) is 52.1 Å². The second-order valence-electron chi connectivity index (χ2n) is 7.68. The number of carbonyl (C=O) groups is 1. The van der Waals surface area contributed by atoms with Gasteiger partial charge in [0.1, 0.15) is 0 Å². The van der Waals surface area contributed by atoms with E-state index >= 15 is 0 Å². The molecule has 0 aliphatic carbocycles. The fraction of sp³-hybridized carbons (Fsp3) is 0.0385. The van der Waals surface area contributed by atoms with Gasteiger partial charge in [-0.05, 0) is 48.0 Å². The van der Waals surface area contributed by atoms with Gasteiger partial charge in [-0.1, -0.05) is 76.7 Å². The van der Waals surface area contributed by atoms with Crippen LogP contribution in [0.5, 0.6) is 0 Å². The Morgan fingerprint density at radius 1 is 0.758 bits per heavy atom. The Morgan fingerprint density at radius 3 is 2.00 bits per heavy atom. The summed E-state index contributed by atoms with van der Waals surface area (Å²) in [5, 5.41) is 3.89. The number of primary amides is 1. The summed E-state index contributed by atoms with van der Waals surface area (Å²) >= 11 is 26.0. The second kappa shape index (κ2) is 8.58. The van der Waals surface area contributed by atoms with Gasteiger partial charge >= 0.3 is 0 Å². The Labute approximate surface area is 210 Å². The first-order valence-corrected chi connectivity index (χ1v) is 11.6. The molecule has 3 nitrogen and oxygen atoms in total. The summed E-state index contributed by atoms with van der Waals surface area (Å²) in [4.78, 5) is 12.2. The van der Waals surface area contributed by atoms with E-state index in [1.807, 2.05) is 42.5 Å². The number of nitrogens with zero attached hydrogens (tertiary/aromatic N) is 1. The molecule has 0 radical (unpaired) electrons. The van der Waals surface area contributed by atoms with Crippen molar-refractivity contribution in [1.82, 2.24) is 4.57 Å². The average molecular weight is 514 g/mol. The molecule has 1 heterocycles. The van der Waals surface area contributed by atoms with Crippen molar-refractivity contribution in [2.45, 2.75) is 6.54 Å². The third kappa shape index (κ3) is 3.75. The number of carbonyl (C=O) groups excluding carboxylic acids is 1. The first-order chi connectivity index (χ1) is 15.9. The summed E-state index contributed by atoms with van der Waals surface area (Å²) in [5.41, 5.74) is 10.3. The number of aromatic nitrogens is 1. The van der Waals surface area contributed by atoms with E-state index in [2.05, 4.69) is 4.57 Å². The molecule has 0 aliphatic rings. The fourth-order valence-corrected chi connectivity index (χ4v) is 5.42. The third-order valence-corrected chi connectivity index (χ3v) is 7.12. The van der Waals surface area contributed by atoms with Crippen LogP contribution in [-0.2, 0) is 6.54 Å². The lowest BCUT2D eigenvalue weighted by Crippen LogP contribution is -2.11. The van der Waals surface area contributed by atoms with Gasteiger partial charge in [0.15, 0.2) is 0 Å². The highest BCUT2D eigenvalue weighted by Crippen LogP contribution is 2.40. The predicted molar refractivity (Wildman–Crippen MR) is 139 cm³/mol. The molecule has 1 amide bonds. The van der Waals surface area contributed by atoms with Crippen LogP contribution >= 0.6 is 46.4 Å². The highest BCUT2D eigenvalue weighted by molar-refractivity contribution is 6.39. The molecule has 0 saturated heterocycles. The van der Waals surface area contributed by atoms with Gasteiger partial charge in [0.05, 0.1) is 17.6 Å². The molecule has 5 rings (SSSR count). The highest BCUT2D eigenvalue weighted by Gasteiger charge is 2.19. The van der Waals surface area contributed by atoms with Crippen LogP contribution < -0.4 is 5.73 Å². The molecule has 0 fully saturated rings. The van der Waals surface area contributed by atoms with Gasteiger partial charge in [0, 0.05) is 47.6 Å². The maximum absolute atomic E-state index is 12.2. The van der Waals surface area contributed by atoms with Crippen LogP contribution in [0, 0.1) is 0 Å². The molecular weight excluding hydrogens is 498 g/mol. The standard InChI is InChI=1S/C26H16Cl4N2O/c27-18-5-2-6-19(28)17(18)13-32-22-9-1-4-16(26(31)33)25(22)15-11-10-14(12-23(15)32)24-20(29)7-3-8-21(24)30/h1-12H,13H2,(H2,31,33). The zero-order valence-electron chi connectivity index (χ0n) is 17.1. The van der Waals surface area contributed by atoms with Crippen LogP contribution in [0.4, 0.5) is 0 Å². The Hall–Kier alpha value is -2.69. The van der Waals surface area contributed by atoms with Crippen LogP contribution in [-0.4, -0.2) is 10.5 Å². The van der Waals surface area contributed by atoms with Crippen molar-refractivity contribution < 1.29 is 4.79 Å². The smallest absolute Gasteiger partial charge is 0.249 e. The largest absolute Gasteiger partial charge is 0.366 e. The monoisotopic (exact) mass is 512 g/mol. The molecule has 5 aromatic rings. The van der Waals surface area contributed by atoms with Crippen molar-refractivity contribution >= 4 is 74.1 Å². The van der Waals surface area contributed by atoms with Gasteiger partial charge in [-0.25, -0.2) is 0 Å². The normalized spacial score (nSPS) is 11.4. The molecule has 0 saturated carbocycles. The minimum Gasteiger partial charge on any atom is -0.366 e. The molecule has 4 aromatic carbocycles. The minimum atomic E-state index is -0.492. The molecule has 0 unspecified atom stereocenters. The maximum Gasteiger partial charge on any atom is 0.249 e. The van der Waals surface area contributed by atoms with Crippen LogP contribution in [0.25, 0.3) is 32.9 Å². The Morgan fingerprint density at radius 2 is 1.36 bits per heavy atom. The Bertz CT molecular complexity index is 1530. The van der Waals surface area contributed by atoms with Crippen molar-refractivity contribution in [3.63, 3.8) is 0 Å². The number of fused-ring (bicyclic) bond motifs is 3. The molecule has 2 N–H and O–H groups in total. The van der Waals surface area contributed by atoms with Crippen molar-refractivity contribution in [1.29, 1.82) is 0 Å². The second-order valence-corrected chi connectivity index (χ2v) is 9.31. The van der Waals surface area contributed by atoms with Gasteiger partial charge < -0.3 is 10.3 Å². The molecule has 0 spiro atoms. The van der Waals surface area contributed by atoms with Gasteiger partial charge in [-0.2, -0.15) is 0 Å². The fourth-order valence-electron chi connectivity index (χ4n) is 4.29. The topological polar surface area (TPSA) is 48.0 Å². The number of benzene rings is 4. The summed E-state index contributed by atoms with van der Waals surface area (Å²) in [6.07, 6.45) is 0. The van der Waals surface area contributed by atoms with Crippen LogP contribution in [0.3, 0.4) is 0 Å². The molecule has 0 bridgehead atoms. The molecule has 0 atom stereocenters. The van der Waals surface area contributed by atoms with Gasteiger partial charge in [-0.15, -0.1) is 0 Å². The lowest BCUT2D eigenvalue weighted by Gasteiger charge is -2.12. The number of nitrogens with two attached hydrogens (primary N) is 1. The first-order valence-electron chi connectivity index (χ1n) is 10.1. The quantitative estimate of drug-likeness (QED) is 0.258. The maximum atomic E-state index is 12.2.